The Hall–Kier alpha value is -1.69. The maximum absolute atomic E-state index is 12.6. The SMILES string of the molecule is C[C@H]1CN(C(=O)Nc2ccc(Cl)c(Cl)c2)C(=NCc2ccccc2)S1. The lowest BCUT2D eigenvalue weighted by Gasteiger charge is -2.17. The van der Waals surface area contributed by atoms with Gasteiger partial charge in [-0.2, -0.15) is 0 Å². The molecule has 0 spiro atoms. The molecule has 1 saturated heterocycles. The van der Waals surface area contributed by atoms with Gasteiger partial charge < -0.3 is 5.32 Å². The first kappa shape index (κ1) is 18.1. The van der Waals surface area contributed by atoms with Crippen molar-refractivity contribution in [1.82, 2.24) is 4.90 Å². The van der Waals surface area contributed by atoms with Gasteiger partial charge in [-0.1, -0.05) is 72.2 Å². The molecule has 1 heterocycles. The lowest BCUT2D eigenvalue weighted by atomic mass is 10.2. The van der Waals surface area contributed by atoms with Crippen LogP contribution >= 0.6 is 35.0 Å². The van der Waals surface area contributed by atoms with Crippen LogP contribution in [0.15, 0.2) is 53.5 Å². The van der Waals surface area contributed by atoms with Gasteiger partial charge in [-0.25, -0.2) is 4.79 Å². The van der Waals surface area contributed by atoms with Gasteiger partial charge in [0.2, 0.25) is 0 Å². The van der Waals surface area contributed by atoms with Crippen LogP contribution < -0.4 is 5.32 Å². The summed E-state index contributed by atoms with van der Waals surface area (Å²) in [5, 5.41) is 4.74. The monoisotopic (exact) mass is 393 g/mol. The maximum Gasteiger partial charge on any atom is 0.327 e. The molecule has 1 N–H and O–H groups in total. The minimum Gasteiger partial charge on any atom is -0.307 e. The minimum atomic E-state index is -0.220. The number of hydrogen-bond acceptors (Lipinski definition) is 3. The number of halogens is 2. The van der Waals surface area contributed by atoms with Gasteiger partial charge in [0.15, 0.2) is 5.17 Å². The summed E-state index contributed by atoms with van der Waals surface area (Å²) in [5.41, 5.74) is 1.71. The molecule has 2 amide bonds. The second-order valence-corrected chi connectivity index (χ2v) is 7.90. The number of hydrogen-bond donors (Lipinski definition) is 1. The molecule has 1 aliphatic rings. The number of urea groups is 1. The van der Waals surface area contributed by atoms with E-state index in [-0.39, 0.29) is 6.03 Å². The molecule has 2 aromatic rings. The first-order valence-corrected chi connectivity index (χ1v) is 9.45. The first-order valence-electron chi connectivity index (χ1n) is 7.81. The smallest absolute Gasteiger partial charge is 0.307 e. The zero-order valence-corrected chi connectivity index (χ0v) is 15.9. The Labute approximate surface area is 161 Å². The molecule has 1 aliphatic heterocycles. The van der Waals surface area contributed by atoms with Crippen LogP contribution in [0.2, 0.25) is 10.0 Å². The second-order valence-electron chi connectivity index (χ2n) is 5.68. The average molecular weight is 394 g/mol. The third-order valence-electron chi connectivity index (χ3n) is 3.63. The molecule has 1 atom stereocenters. The fourth-order valence-corrected chi connectivity index (χ4v) is 3.72. The van der Waals surface area contributed by atoms with Crippen molar-refractivity contribution in [3.8, 4) is 0 Å². The number of thioether (sulfide) groups is 1. The Morgan fingerprint density at radius 1 is 1.24 bits per heavy atom. The largest absolute Gasteiger partial charge is 0.327 e. The number of rotatable bonds is 3. The van der Waals surface area contributed by atoms with Gasteiger partial charge in [0.1, 0.15) is 0 Å². The van der Waals surface area contributed by atoms with E-state index in [0.29, 0.717) is 34.1 Å². The molecular weight excluding hydrogens is 377 g/mol. The van der Waals surface area contributed by atoms with Crippen LogP contribution in [-0.2, 0) is 6.54 Å². The van der Waals surface area contributed by atoms with E-state index >= 15 is 0 Å². The van der Waals surface area contributed by atoms with Crippen LogP contribution in [0.5, 0.6) is 0 Å². The Bertz CT molecular complexity index is 798. The van der Waals surface area contributed by atoms with Crippen molar-refractivity contribution in [2.24, 2.45) is 4.99 Å². The van der Waals surface area contributed by atoms with Gasteiger partial charge in [0.25, 0.3) is 0 Å². The summed E-state index contributed by atoms with van der Waals surface area (Å²) in [4.78, 5) is 18.9. The van der Waals surface area contributed by atoms with Gasteiger partial charge in [0, 0.05) is 17.5 Å². The molecule has 3 rings (SSSR count). The highest BCUT2D eigenvalue weighted by atomic mass is 35.5. The summed E-state index contributed by atoms with van der Waals surface area (Å²) in [5.74, 6) is 0. The van der Waals surface area contributed by atoms with Gasteiger partial charge >= 0.3 is 6.03 Å². The Morgan fingerprint density at radius 3 is 2.72 bits per heavy atom. The average Bonchev–Trinajstić information content (AvgIpc) is 2.98. The van der Waals surface area contributed by atoms with Crippen molar-refractivity contribution in [2.75, 3.05) is 11.9 Å². The number of carbonyl (C=O) groups excluding carboxylic acids is 1. The molecule has 0 aliphatic carbocycles. The highest BCUT2D eigenvalue weighted by molar-refractivity contribution is 8.14. The van der Waals surface area contributed by atoms with Crippen LogP contribution in [-0.4, -0.2) is 27.9 Å². The van der Waals surface area contributed by atoms with E-state index in [1.54, 1.807) is 34.9 Å². The summed E-state index contributed by atoms with van der Waals surface area (Å²) in [6, 6.07) is 14.8. The first-order chi connectivity index (χ1) is 12.0. The number of nitrogens with one attached hydrogen (secondary N) is 1. The molecule has 0 aromatic heterocycles. The van der Waals surface area contributed by atoms with E-state index in [9.17, 15) is 4.79 Å². The van der Waals surface area contributed by atoms with E-state index in [0.717, 1.165) is 10.7 Å². The Morgan fingerprint density at radius 2 is 2.00 bits per heavy atom. The van der Waals surface area contributed by atoms with Crippen molar-refractivity contribution in [2.45, 2.75) is 18.7 Å². The number of amidine groups is 1. The molecule has 7 heteroatoms. The number of nitrogens with zero attached hydrogens (tertiary/aromatic N) is 2. The number of anilines is 1. The molecule has 130 valence electrons. The maximum atomic E-state index is 12.6. The molecule has 2 aromatic carbocycles. The third-order valence-corrected chi connectivity index (χ3v) is 5.48. The number of benzene rings is 2. The zero-order valence-electron chi connectivity index (χ0n) is 13.6. The summed E-state index contributed by atoms with van der Waals surface area (Å²) in [6.07, 6.45) is 0. The minimum absolute atomic E-state index is 0.220. The molecule has 25 heavy (non-hydrogen) atoms. The quantitative estimate of drug-likeness (QED) is 0.745. The van der Waals surface area contributed by atoms with Crippen molar-refractivity contribution in [1.29, 1.82) is 0 Å². The van der Waals surface area contributed by atoms with Crippen LogP contribution in [0, 0.1) is 0 Å². The van der Waals surface area contributed by atoms with Crippen LogP contribution in [0.1, 0.15) is 12.5 Å². The summed E-state index contributed by atoms with van der Waals surface area (Å²) in [7, 11) is 0. The fourth-order valence-electron chi connectivity index (χ4n) is 2.42. The lowest BCUT2D eigenvalue weighted by Crippen LogP contribution is -2.36. The van der Waals surface area contributed by atoms with Crippen molar-refractivity contribution < 1.29 is 4.79 Å². The molecule has 1 fully saturated rings. The van der Waals surface area contributed by atoms with E-state index in [2.05, 4.69) is 17.2 Å². The van der Waals surface area contributed by atoms with Crippen molar-refractivity contribution in [3.05, 3.63) is 64.1 Å². The summed E-state index contributed by atoms with van der Waals surface area (Å²) in [6.45, 7) is 3.24. The van der Waals surface area contributed by atoms with Gasteiger partial charge in [-0.15, -0.1) is 0 Å². The van der Waals surface area contributed by atoms with Crippen LogP contribution in [0.4, 0.5) is 10.5 Å². The normalized spacial score (nSPS) is 18.6. The summed E-state index contributed by atoms with van der Waals surface area (Å²) < 4.78 is 0. The zero-order chi connectivity index (χ0) is 17.8. The van der Waals surface area contributed by atoms with Gasteiger partial charge in [-0.05, 0) is 23.8 Å². The van der Waals surface area contributed by atoms with E-state index < -0.39 is 0 Å². The molecule has 0 saturated carbocycles. The molecule has 4 nitrogen and oxygen atoms in total. The standard InChI is InChI=1S/C18H17Cl2N3OS/c1-12-11-23(17(24)22-14-7-8-15(19)16(20)9-14)18(25-12)21-10-13-5-3-2-4-6-13/h2-9,12H,10-11H2,1H3,(H,22,24)/t12-/m0/s1. The van der Waals surface area contributed by atoms with Crippen molar-refractivity contribution >= 4 is 51.8 Å². The molecule has 0 radical (unpaired) electrons. The topological polar surface area (TPSA) is 44.7 Å². The Balaban J connectivity index is 1.72. The summed E-state index contributed by atoms with van der Waals surface area (Å²) >= 11 is 13.5. The second kappa shape index (κ2) is 8.13. The number of amides is 2. The lowest BCUT2D eigenvalue weighted by molar-refractivity contribution is 0.235. The van der Waals surface area contributed by atoms with Gasteiger partial charge in [0.05, 0.1) is 16.6 Å². The van der Waals surface area contributed by atoms with E-state index in [1.165, 1.54) is 0 Å². The number of carbonyl (C=O) groups is 1. The number of aliphatic imine (C=N–C) groups is 1. The molecular formula is C18H17Cl2N3OS. The van der Waals surface area contributed by atoms with Crippen LogP contribution in [0.3, 0.4) is 0 Å². The Kier molecular flexibility index (Phi) is 5.89. The van der Waals surface area contributed by atoms with E-state index in [1.807, 2.05) is 30.3 Å². The highest BCUT2D eigenvalue weighted by Gasteiger charge is 2.30. The predicted octanol–water partition coefficient (Wildman–Crippen LogP) is 5.52. The molecule has 0 unspecified atom stereocenters. The molecule has 0 bridgehead atoms. The van der Waals surface area contributed by atoms with Crippen molar-refractivity contribution in [3.63, 3.8) is 0 Å². The fraction of sp³-hybridized carbons (Fsp3) is 0.222. The third kappa shape index (κ3) is 4.69. The predicted molar refractivity (Wildman–Crippen MR) is 107 cm³/mol. The van der Waals surface area contributed by atoms with Crippen LogP contribution in [0.25, 0.3) is 0 Å². The van der Waals surface area contributed by atoms with E-state index in [4.69, 9.17) is 23.2 Å². The highest BCUT2D eigenvalue weighted by Crippen LogP contribution is 2.28. The van der Waals surface area contributed by atoms with Gasteiger partial charge in [-0.3, -0.25) is 9.89 Å².